The molecule has 0 bridgehead atoms. The molecule has 6 nitrogen and oxygen atoms in total. The molecule has 22 heavy (non-hydrogen) atoms. The van der Waals surface area contributed by atoms with Gasteiger partial charge in [0.1, 0.15) is 0 Å². The second-order valence-electron chi connectivity index (χ2n) is 5.97. The summed E-state index contributed by atoms with van der Waals surface area (Å²) in [7, 11) is -7.13. The maximum absolute atomic E-state index is 12.3. The first-order valence-electron chi connectivity index (χ1n) is 7.51. The molecule has 2 N–H and O–H groups in total. The second-order valence-corrected chi connectivity index (χ2v) is 9.40. The highest BCUT2D eigenvalue weighted by Gasteiger charge is 2.28. The lowest BCUT2D eigenvalue weighted by molar-refractivity contribution is 0.551. The highest BCUT2D eigenvalue weighted by Crippen LogP contribution is 2.23. The third kappa shape index (κ3) is 3.68. The van der Waals surface area contributed by atoms with E-state index in [-0.39, 0.29) is 21.9 Å². The fourth-order valence-corrected chi connectivity index (χ4v) is 5.23. The van der Waals surface area contributed by atoms with Crippen molar-refractivity contribution in [1.82, 2.24) is 9.44 Å². The minimum atomic E-state index is -3.58. The van der Waals surface area contributed by atoms with Crippen molar-refractivity contribution in [2.75, 3.05) is 0 Å². The average molecular weight is 344 g/mol. The van der Waals surface area contributed by atoms with Gasteiger partial charge in [0.25, 0.3) is 0 Å². The van der Waals surface area contributed by atoms with Crippen molar-refractivity contribution >= 4 is 20.0 Å². The molecule has 2 saturated carbocycles. The lowest BCUT2D eigenvalue weighted by atomic mass is 10.3. The van der Waals surface area contributed by atoms with E-state index >= 15 is 0 Å². The normalized spacial score (nSPS) is 20.4. The summed E-state index contributed by atoms with van der Waals surface area (Å²) < 4.78 is 53.9. The van der Waals surface area contributed by atoms with Crippen LogP contribution < -0.4 is 9.44 Å². The first-order valence-corrected chi connectivity index (χ1v) is 10.5. The van der Waals surface area contributed by atoms with Gasteiger partial charge in [-0.25, -0.2) is 26.3 Å². The van der Waals surface area contributed by atoms with Crippen molar-refractivity contribution in [2.45, 2.75) is 60.4 Å². The average Bonchev–Trinajstić information content (AvgIpc) is 3.11. The minimum absolute atomic E-state index is 0.00931. The largest absolute Gasteiger partial charge is 0.240 e. The molecule has 0 atom stereocenters. The number of benzene rings is 1. The van der Waals surface area contributed by atoms with Crippen LogP contribution >= 0.6 is 0 Å². The van der Waals surface area contributed by atoms with Gasteiger partial charge in [0.15, 0.2) is 0 Å². The van der Waals surface area contributed by atoms with E-state index < -0.39 is 20.0 Å². The Morgan fingerprint density at radius 1 is 0.682 bits per heavy atom. The van der Waals surface area contributed by atoms with Crippen LogP contribution in [0, 0.1) is 0 Å². The molecule has 0 amide bonds. The zero-order chi connectivity index (χ0) is 15.8. The van der Waals surface area contributed by atoms with Crippen LogP contribution in [0.5, 0.6) is 0 Å². The van der Waals surface area contributed by atoms with Gasteiger partial charge in [0, 0.05) is 12.1 Å². The van der Waals surface area contributed by atoms with Crippen LogP contribution in [0.4, 0.5) is 0 Å². The van der Waals surface area contributed by atoms with Crippen LogP contribution in [0.3, 0.4) is 0 Å². The summed E-state index contributed by atoms with van der Waals surface area (Å²) in [5, 5.41) is 0. The summed E-state index contributed by atoms with van der Waals surface area (Å²) >= 11 is 0. The van der Waals surface area contributed by atoms with Gasteiger partial charge in [-0.15, -0.1) is 0 Å². The Kier molecular flexibility index (Phi) is 4.28. The van der Waals surface area contributed by atoms with Crippen molar-refractivity contribution in [3.05, 3.63) is 24.3 Å². The van der Waals surface area contributed by atoms with Gasteiger partial charge in [-0.1, -0.05) is 12.8 Å². The zero-order valence-corrected chi connectivity index (χ0v) is 13.8. The Balaban J connectivity index is 1.75. The maximum Gasteiger partial charge on any atom is 0.240 e. The summed E-state index contributed by atoms with van der Waals surface area (Å²) in [6, 6.07) is 5.39. The molecule has 0 radical (unpaired) electrons. The Labute approximate surface area is 131 Å². The van der Waals surface area contributed by atoms with Gasteiger partial charge >= 0.3 is 0 Å². The van der Waals surface area contributed by atoms with Crippen LogP contribution in [-0.2, 0) is 20.0 Å². The predicted octanol–water partition coefficient (Wildman–Crippen LogP) is 1.35. The molecule has 122 valence electrons. The maximum atomic E-state index is 12.3. The van der Waals surface area contributed by atoms with Gasteiger partial charge in [0.05, 0.1) is 9.79 Å². The SMILES string of the molecule is O=S(=O)(NC1CCCC1)c1ccc(S(=O)(=O)NC2CC2)cc1. The summed E-state index contributed by atoms with van der Waals surface area (Å²) in [6.45, 7) is 0. The molecule has 1 aromatic carbocycles. The van der Waals surface area contributed by atoms with Crippen LogP contribution in [0.1, 0.15) is 38.5 Å². The van der Waals surface area contributed by atoms with E-state index in [1.807, 2.05) is 0 Å². The number of rotatable bonds is 6. The van der Waals surface area contributed by atoms with Gasteiger partial charge in [-0.2, -0.15) is 0 Å². The van der Waals surface area contributed by atoms with Crippen molar-refractivity contribution in [3.63, 3.8) is 0 Å². The molecular formula is C14H20N2O4S2. The molecule has 1 aromatic rings. The monoisotopic (exact) mass is 344 g/mol. The molecule has 0 heterocycles. The Morgan fingerprint density at radius 3 is 1.41 bits per heavy atom. The van der Waals surface area contributed by atoms with Crippen LogP contribution in [-0.4, -0.2) is 28.9 Å². The molecule has 0 spiro atoms. The molecule has 0 saturated heterocycles. The van der Waals surface area contributed by atoms with Crippen molar-refractivity contribution in [2.24, 2.45) is 0 Å². The molecule has 0 aromatic heterocycles. The Hall–Kier alpha value is -0.960. The first kappa shape index (κ1) is 15.9. The van der Waals surface area contributed by atoms with Gasteiger partial charge in [-0.05, 0) is 49.9 Å². The van der Waals surface area contributed by atoms with Gasteiger partial charge < -0.3 is 0 Å². The van der Waals surface area contributed by atoms with Crippen LogP contribution in [0.25, 0.3) is 0 Å². The number of sulfonamides is 2. The summed E-state index contributed by atoms with van der Waals surface area (Å²) in [4.78, 5) is 0.198. The quantitative estimate of drug-likeness (QED) is 0.815. The van der Waals surface area contributed by atoms with E-state index in [1.165, 1.54) is 24.3 Å². The Bertz CT molecular complexity index is 732. The summed E-state index contributed by atoms with van der Waals surface area (Å²) in [5.74, 6) is 0. The molecule has 2 aliphatic rings. The fourth-order valence-electron chi connectivity index (χ4n) is 2.62. The second kappa shape index (κ2) is 5.92. The van der Waals surface area contributed by atoms with Crippen molar-refractivity contribution in [1.29, 1.82) is 0 Å². The highest BCUT2D eigenvalue weighted by atomic mass is 32.2. The minimum Gasteiger partial charge on any atom is -0.208 e. The van der Waals surface area contributed by atoms with E-state index in [4.69, 9.17) is 0 Å². The predicted molar refractivity (Wildman–Crippen MR) is 82.4 cm³/mol. The van der Waals surface area contributed by atoms with Gasteiger partial charge in [0.2, 0.25) is 20.0 Å². The fraction of sp³-hybridized carbons (Fsp3) is 0.571. The van der Waals surface area contributed by atoms with Crippen LogP contribution in [0.2, 0.25) is 0 Å². The summed E-state index contributed by atoms with van der Waals surface area (Å²) in [5.41, 5.74) is 0. The first-order chi connectivity index (χ1) is 10.4. The molecule has 8 heteroatoms. The molecule has 2 fully saturated rings. The number of hydrogen-bond acceptors (Lipinski definition) is 4. The zero-order valence-electron chi connectivity index (χ0n) is 12.2. The van der Waals surface area contributed by atoms with E-state index in [9.17, 15) is 16.8 Å². The molecular weight excluding hydrogens is 324 g/mol. The van der Waals surface area contributed by atoms with E-state index in [2.05, 4.69) is 9.44 Å². The Morgan fingerprint density at radius 2 is 1.05 bits per heavy atom. The van der Waals surface area contributed by atoms with E-state index in [0.717, 1.165) is 38.5 Å². The number of hydrogen-bond donors (Lipinski definition) is 2. The lowest BCUT2D eigenvalue weighted by Gasteiger charge is -2.13. The lowest BCUT2D eigenvalue weighted by Crippen LogP contribution is -2.32. The number of nitrogens with one attached hydrogen (secondary N) is 2. The third-order valence-electron chi connectivity index (χ3n) is 4.02. The standard InChI is InChI=1S/C14H20N2O4S2/c17-21(18,15-11-3-1-2-4-11)13-7-9-14(10-8-13)22(19,20)16-12-5-6-12/h7-12,15-16H,1-6H2. The summed E-state index contributed by atoms with van der Waals surface area (Å²) in [6.07, 6.45) is 5.51. The van der Waals surface area contributed by atoms with E-state index in [0.29, 0.717) is 0 Å². The van der Waals surface area contributed by atoms with Crippen LogP contribution in [0.15, 0.2) is 34.1 Å². The molecule has 0 unspecified atom stereocenters. The highest BCUT2D eigenvalue weighted by molar-refractivity contribution is 7.90. The molecule has 2 aliphatic carbocycles. The van der Waals surface area contributed by atoms with Crippen molar-refractivity contribution in [3.8, 4) is 0 Å². The smallest absolute Gasteiger partial charge is 0.208 e. The molecule has 3 rings (SSSR count). The van der Waals surface area contributed by atoms with Crippen molar-refractivity contribution < 1.29 is 16.8 Å². The van der Waals surface area contributed by atoms with Gasteiger partial charge in [-0.3, -0.25) is 0 Å². The topological polar surface area (TPSA) is 92.3 Å². The van der Waals surface area contributed by atoms with E-state index in [1.54, 1.807) is 0 Å². The third-order valence-corrected chi connectivity index (χ3v) is 7.09. The molecule has 0 aliphatic heterocycles.